The lowest BCUT2D eigenvalue weighted by molar-refractivity contribution is -0.118. The summed E-state index contributed by atoms with van der Waals surface area (Å²) in [7, 11) is 0. The van der Waals surface area contributed by atoms with Crippen LogP contribution in [0.15, 0.2) is 29.4 Å². The van der Waals surface area contributed by atoms with E-state index in [1.165, 1.54) is 31.0 Å². The van der Waals surface area contributed by atoms with Gasteiger partial charge >= 0.3 is 0 Å². The summed E-state index contributed by atoms with van der Waals surface area (Å²) >= 11 is 7.44. The van der Waals surface area contributed by atoms with E-state index in [1.807, 2.05) is 31.2 Å². The van der Waals surface area contributed by atoms with Gasteiger partial charge in [0.15, 0.2) is 11.0 Å². The number of amides is 1. The molecule has 0 aliphatic heterocycles. The normalized spacial score (nSPS) is 10.9. The molecule has 1 amide bonds. The molecule has 0 atom stereocenters. The van der Waals surface area contributed by atoms with Crippen molar-refractivity contribution in [3.05, 3.63) is 29.3 Å². The van der Waals surface area contributed by atoms with E-state index in [9.17, 15) is 4.79 Å². The van der Waals surface area contributed by atoms with Gasteiger partial charge in [-0.1, -0.05) is 56.5 Å². The minimum Gasteiger partial charge on any atom is -0.355 e. The first kappa shape index (κ1) is 20.8. The van der Waals surface area contributed by atoms with E-state index in [-0.39, 0.29) is 5.91 Å². The molecule has 1 aromatic carbocycles. The van der Waals surface area contributed by atoms with Crippen LogP contribution < -0.4 is 5.32 Å². The van der Waals surface area contributed by atoms with Gasteiger partial charge in [-0.25, -0.2) is 0 Å². The smallest absolute Gasteiger partial charge is 0.230 e. The summed E-state index contributed by atoms with van der Waals surface area (Å²) in [6.45, 7) is 5.80. The average Bonchev–Trinajstić information content (AvgIpc) is 3.05. The van der Waals surface area contributed by atoms with E-state index < -0.39 is 0 Å². The van der Waals surface area contributed by atoms with Crippen molar-refractivity contribution < 1.29 is 4.79 Å². The molecule has 0 saturated carbocycles. The third kappa shape index (κ3) is 6.32. The molecular formula is C19H27ClN4OS. The van der Waals surface area contributed by atoms with Crippen LogP contribution in [-0.2, 0) is 11.3 Å². The average molecular weight is 395 g/mol. The van der Waals surface area contributed by atoms with Crippen molar-refractivity contribution in [3.8, 4) is 11.4 Å². The molecule has 0 aliphatic carbocycles. The fourth-order valence-electron chi connectivity index (χ4n) is 2.55. The highest BCUT2D eigenvalue weighted by atomic mass is 35.5. The Bertz CT molecular complexity index is 687. The fraction of sp³-hybridized carbons (Fsp3) is 0.526. The first-order valence-corrected chi connectivity index (χ1v) is 10.6. The minimum atomic E-state index is 0.0328. The topological polar surface area (TPSA) is 59.8 Å². The molecule has 0 spiro atoms. The molecule has 2 rings (SSSR count). The number of benzene rings is 1. The zero-order chi connectivity index (χ0) is 18.8. The zero-order valence-corrected chi connectivity index (χ0v) is 17.1. The maximum Gasteiger partial charge on any atom is 0.230 e. The summed E-state index contributed by atoms with van der Waals surface area (Å²) in [5.74, 6) is 1.22. The summed E-state index contributed by atoms with van der Waals surface area (Å²) in [4.78, 5) is 11.9. The van der Waals surface area contributed by atoms with Crippen molar-refractivity contribution in [1.82, 2.24) is 20.1 Å². The molecule has 5 nitrogen and oxygen atoms in total. The van der Waals surface area contributed by atoms with Crippen molar-refractivity contribution in [2.45, 2.75) is 57.7 Å². The maximum absolute atomic E-state index is 11.9. The molecular weight excluding hydrogens is 368 g/mol. The highest BCUT2D eigenvalue weighted by molar-refractivity contribution is 7.99. The maximum atomic E-state index is 11.9. The van der Waals surface area contributed by atoms with E-state index in [2.05, 4.69) is 27.0 Å². The van der Waals surface area contributed by atoms with Gasteiger partial charge < -0.3 is 9.88 Å². The SMILES string of the molecule is CCCCCCn1c(SCC(=O)NCCC)nnc1-c1ccc(Cl)cc1. The number of halogens is 1. The van der Waals surface area contributed by atoms with Crippen molar-refractivity contribution in [1.29, 1.82) is 0 Å². The number of rotatable bonds is 11. The largest absolute Gasteiger partial charge is 0.355 e. The lowest BCUT2D eigenvalue weighted by Crippen LogP contribution is -2.25. The number of hydrogen-bond acceptors (Lipinski definition) is 4. The molecule has 26 heavy (non-hydrogen) atoms. The third-order valence-electron chi connectivity index (χ3n) is 3.96. The zero-order valence-electron chi connectivity index (χ0n) is 15.5. The van der Waals surface area contributed by atoms with E-state index in [4.69, 9.17) is 11.6 Å². The Balaban J connectivity index is 2.12. The van der Waals surface area contributed by atoms with Gasteiger partial charge in [-0.15, -0.1) is 10.2 Å². The minimum absolute atomic E-state index is 0.0328. The van der Waals surface area contributed by atoms with Crippen LogP contribution in [0.2, 0.25) is 5.02 Å². The molecule has 0 unspecified atom stereocenters. The Morgan fingerprint density at radius 3 is 2.58 bits per heavy atom. The van der Waals surface area contributed by atoms with Gasteiger partial charge in [0, 0.05) is 23.7 Å². The van der Waals surface area contributed by atoms with Gasteiger partial charge in [0.05, 0.1) is 5.75 Å². The molecule has 0 bridgehead atoms. The van der Waals surface area contributed by atoms with Gasteiger partial charge in [-0.05, 0) is 37.1 Å². The van der Waals surface area contributed by atoms with Crippen molar-refractivity contribution >= 4 is 29.3 Å². The third-order valence-corrected chi connectivity index (χ3v) is 5.18. The van der Waals surface area contributed by atoms with Crippen LogP contribution in [0.1, 0.15) is 46.0 Å². The number of hydrogen-bond donors (Lipinski definition) is 1. The van der Waals surface area contributed by atoms with E-state index in [0.29, 0.717) is 17.3 Å². The summed E-state index contributed by atoms with van der Waals surface area (Å²) < 4.78 is 2.12. The molecule has 0 saturated heterocycles. The number of thioether (sulfide) groups is 1. The van der Waals surface area contributed by atoms with Gasteiger partial charge in [0.1, 0.15) is 0 Å². The summed E-state index contributed by atoms with van der Waals surface area (Å²) in [6.07, 6.45) is 5.61. The first-order chi connectivity index (χ1) is 12.7. The predicted octanol–water partition coefficient (Wildman–Crippen LogP) is 4.80. The molecule has 0 aliphatic rings. The van der Waals surface area contributed by atoms with Crippen molar-refractivity contribution in [2.75, 3.05) is 12.3 Å². The highest BCUT2D eigenvalue weighted by Gasteiger charge is 2.15. The second-order valence-corrected chi connectivity index (χ2v) is 7.54. The van der Waals surface area contributed by atoms with Crippen LogP contribution in [0.4, 0.5) is 0 Å². The Kier molecular flexibility index (Phi) is 8.98. The first-order valence-electron chi connectivity index (χ1n) is 9.24. The van der Waals surface area contributed by atoms with Crippen molar-refractivity contribution in [3.63, 3.8) is 0 Å². The molecule has 142 valence electrons. The molecule has 1 heterocycles. The van der Waals surface area contributed by atoms with Crippen LogP contribution in [-0.4, -0.2) is 33.0 Å². The van der Waals surface area contributed by atoms with Gasteiger partial charge in [0.2, 0.25) is 5.91 Å². The Morgan fingerprint density at radius 1 is 1.12 bits per heavy atom. The lowest BCUT2D eigenvalue weighted by atomic mass is 10.2. The fourth-order valence-corrected chi connectivity index (χ4v) is 3.47. The van der Waals surface area contributed by atoms with Crippen LogP contribution in [0.3, 0.4) is 0 Å². The number of nitrogens with zero attached hydrogens (tertiary/aromatic N) is 3. The van der Waals surface area contributed by atoms with E-state index >= 15 is 0 Å². The number of carbonyl (C=O) groups excluding carboxylic acids is 1. The quantitative estimate of drug-likeness (QED) is 0.439. The molecule has 1 aromatic heterocycles. The lowest BCUT2D eigenvalue weighted by Gasteiger charge is -2.10. The second-order valence-electron chi connectivity index (χ2n) is 6.16. The van der Waals surface area contributed by atoms with Crippen LogP contribution >= 0.6 is 23.4 Å². The van der Waals surface area contributed by atoms with Gasteiger partial charge in [0.25, 0.3) is 0 Å². The molecule has 0 radical (unpaired) electrons. The highest BCUT2D eigenvalue weighted by Crippen LogP contribution is 2.25. The number of nitrogens with one attached hydrogen (secondary N) is 1. The number of aromatic nitrogens is 3. The molecule has 7 heteroatoms. The standard InChI is InChI=1S/C19H27ClN4OS/c1-3-5-6-7-13-24-18(15-8-10-16(20)11-9-15)22-23-19(24)26-14-17(25)21-12-4-2/h8-11H,3-7,12-14H2,1-2H3,(H,21,25). The number of unbranched alkanes of at least 4 members (excludes halogenated alkanes) is 3. The van der Waals surface area contributed by atoms with E-state index in [0.717, 1.165) is 35.9 Å². The molecule has 0 fully saturated rings. The Hall–Kier alpha value is -1.53. The summed E-state index contributed by atoms with van der Waals surface area (Å²) in [5, 5.41) is 13.1. The monoisotopic (exact) mass is 394 g/mol. The van der Waals surface area contributed by atoms with Gasteiger partial charge in [-0.2, -0.15) is 0 Å². The second kappa shape index (κ2) is 11.2. The Labute approximate surface area is 164 Å². The predicted molar refractivity (Wildman–Crippen MR) is 109 cm³/mol. The molecule has 1 N–H and O–H groups in total. The summed E-state index contributed by atoms with van der Waals surface area (Å²) in [6, 6.07) is 7.63. The Morgan fingerprint density at radius 2 is 1.88 bits per heavy atom. The van der Waals surface area contributed by atoms with Gasteiger partial charge in [-0.3, -0.25) is 4.79 Å². The van der Waals surface area contributed by atoms with Crippen LogP contribution in [0, 0.1) is 0 Å². The van der Waals surface area contributed by atoms with E-state index in [1.54, 1.807) is 0 Å². The van der Waals surface area contributed by atoms with Crippen molar-refractivity contribution in [2.24, 2.45) is 0 Å². The molecule has 2 aromatic rings. The summed E-state index contributed by atoms with van der Waals surface area (Å²) in [5.41, 5.74) is 0.986. The number of carbonyl (C=O) groups is 1. The van der Waals surface area contributed by atoms with Crippen LogP contribution in [0.25, 0.3) is 11.4 Å². The van der Waals surface area contributed by atoms with Crippen LogP contribution in [0.5, 0.6) is 0 Å².